The van der Waals surface area contributed by atoms with Gasteiger partial charge in [-0.1, -0.05) is 17.7 Å². The quantitative estimate of drug-likeness (QED) is 0.285. The average Bonchev–Trinajstić information content (AvgIpc) is 3.60. The molecule has 40 heavy (non-hydrogen) atoms. The number of halogens is 3. The number of hydrogen-bond acceptors (Lipinski definition) is 9. The lowest BCUT2D eigenvalue weighted by Gasteiger charge is -2.32. The molecule has 3 aromatic rings. The summed E-state index contributed by atoms with van der Waals surface area (Å²) in [6.07, 6.45) is 4.75. The molecule has 0 amide bonds. The zero-order valence-electron chi connectivity index (χ0n) is 21.1. The summed E-state index contributed by atoms with van der Waals surface area (Å²) in [5.74, 6) is -3.66. The number of carbonyl (C=O) groups is 2. The summed E-state index contributed by atoms with van der Waals surface area (Å²) >= 11 is 9.20. The number of carbonyl (C=O) groups excluding carboxylic acids is 1. The van der Waals surface area contributed by atoms with Gasteiger partial charge in [0, 0.05) is 39.6 Å². The molecular weight excluding hydrogens is 582 g/mol. The average molecular weight is 605 g/mol. The number of amidine groups is 1. The number of nitrogens with zero attached hydrogens (tertiary/aromatic N) is 3. The molecular formula is C27H23ClF2N4O4S2. The lowest BCUT2D eigenvalue weighted by molar-refractivity contribution is -0.145. The van der Waals surface area contributed by atoms with Gasteiger partial charge < -0.3 is 15.2 Å². The minimum Gasteiger partial charge on any atom is -0.481 e. The number of aliphatic imine (C=N–C) groups is 1. The van der Waals surface area contributed by atoms with Gasteiger partial charge >= 0.3 is 11.9 Å². The molecule has 0 spiro atoms. The maximum absolute atomic E-state index is 14.6. The second-order valence-corrected chi connectivity index (χ2v) is 12.4. The molecule has 13 heteroatoms. The van der Waals surface area contributed by atoms with E-state index in [4.69, 9.17) is 26.3 Å². The Labute approximate surface area is 240 Å². The lowest BCUT2D eigenvalue weighted by atomic mass is 9.75. The van der Waals surface area contributed by atoms with E-state index in [-0.39, 0.29) is 28.9 Å². The third-order valence-electron chi connectivity index (χ3n) is 7.68. The molecule has 1 aromatic carbocycles. The number of methoxy groups -OCH3 is 1. The Bertz CT molecular complexity index is 1570. The number of nitrogens with one attached hydrogen (secondary N) is 1. The van der Waals surface area contributed by atoms with E-state index in [1.54, 1.807) is 22.9 Å². The number of thiazole rings is 2. The fourth-order valence-corrected chi connectivity index (χ4v) is 7.65. The van der Waals surface area contributed by atoms with Crippen LogP contribution in [0.15, 0.2) is 40.0 Å². The third-order valence-corrected chi connectivity index (χ3v) is 10.1. The number of hydrogen-bond donors (Lipinski definition) is 2. The number of ether oxygens (including phenoxy) is 1. The minimum atomic E-state index is -1.21. The summed E-state index contributed by atoms with van der Waals surface area (Å²) in [6.45, 7) is 0. The molecule has 2 aliphatic carbocycles. The van der Waals surface area contributed by atoms with E-state index < -0.39 is 34.6 Å². The fourth-order valence-electron chi connectivity index (χ4n) is 5.48. The summed E-state index contributed by atoms with van der Waals surface area (Å²) in [5, 5.41) is 15.4. The van der Waals surface area contributed by atoms with Crippen LogP contribution in [0.25, 0.3) is 0 Å². The van der Waals surface area contributed by atoms with E-state index in [1.165, 1.54) is 24.5 Å². The van der Waals surface area contributed by atoms with E-state index in [9.17, 15) is 23.5 Å². The van der Waals surface area contributed by atoms with E-state index in [1.807, 2.05) is 0 Å². The van der Waals surface area contributed by atoms with Crippen molar-refractivity contribution in [2.75, 3.05) is 7.11 Å². The molecule has 0 radical (unpaired) electrons. The monoisotopic (exact) mass is 604 g/mol. The van der Waals surface area contributed by atoms with Crippen molar-refractivity contribution in [2.45, 2.75) is 44.1 Å². The molecule has 2 aromatic heterocycles. The van der Waals surface area contributed by atoms with Gasteiger partial charge in [0.2, 0.25) is 0 Å². The first-order valence-electron chi connectivity index (χ1n) is 12.7. The Hall–Kier alpha value is -3.22. The van der Waals surface area contributed by atoms with Gasteiger partial charge in [0.1, 0.15) is 6.04 Å². The summed E-state index contributed by atoms with van der Waals surface area (Å²) in [5.41, 5.74) is 1.90. The van der Waals surface area contributed by atoms with E-state index in [0.29, 0.717) is 48.6 Å². The predicted octanol–water partition coefficient (Wildman–Crippen LogP) is 5.43. The van der Waals surface area contributed by atoms with E-state index in [0.717, 1.165) is 21.6 Å². The predicted molar refractivity (Wildman–Crippen MR) is 146 cm³/mol. The molecule has 2 unspecified atom stereocenters. The first kappa shape index (κ1) is 27.0. The van der Waals surface area contributed by atoms with Crippen LogP contribution in [-0.2, 0) is 27.2 Å². The SMILES string of the molecule is COC(=O)C1=C(C2CCc3nc(C4CC(C(=O)O)C4)sc3C2)NC(c2nccs2)=NC1c1ccc(F)c(F)c1Cl. The number of carboxylic acid groups (broad SMARTS) is 1. The molecule has 1 aliphatic heterocycles. The van der Waals surface area contributed by atoms with Crippen LogP contribution in [0.4, 0.5) is 8.78 Å². The number of aromatic nitrogens is 2. The number of rotatable bonds is 6. The van der Waals surface area contributed by atoms with Crippen LogP contribution in [0.5, 0.6) is 0 Å². The zero-order chi connectivity index (χ0) is 28.1. The fraction of sp³-hybridized carbons (Fsp3) is 0.370. The largest absolute Gasteiger partial charge is 0.481 e. The summed E-state index contributed by atoms with van der Waals surface area (Å²) in [7, 11) is 1.26. The Morgan fingerprint density at radius 3 is 2.73 bits per heavy atom. The first-order valence-corrected chi connectivity index (χ1v) is 14.7. The number of aryl methyl sites for hydroxylation is 1. The summed E-state index contributed by atoms with van der Waals surface area (Å²) < 4.78 is 33.7. The van der Waals surface area contributed by atoms with Crippen molar-refractivity contribution in [1.82, 2.24) is 15.3 Å². The Kier molecular flexibility index (Phi) is 7.18. The molecule has 2 atom stereocenters. The Balaban J connectivity index is 1.39. The molecule has 2 N–H and O–H groups in total. The van der Waals surface area contributed by atoms with Crippen LogP contribution in [0, 0.1) is 23.5 Å². The third kappa shape index (κ3) is 4.71. The van der Waals surface area contributed by atoms with E-state index >= 15 is 0 Å². The number of esters is 1. The number of benzene rings is 1. The van der Waals surface area contributed by atoms with Crippen LogP contribution < -0.4 is 5.32 Å². The van der Waals surface area contributed by atoms with Crippen LogP contribution in [-0.4, -0.2) is 40.0 Å². The molecule has 3 aliphatic rings. The standard InChI is InChI=1S/C27H23ClF2N4O4S2/c1-38-27(37)18-21(11-2-5-16-17(10-11)40-24(32-16)12-8-13(9-12)26(35)36)33-23(25-31-6-7-39-25)34-22(18)14-3-4-15(29)20(30)19(14)28/h3-4,6-7,11-13,22H,2,5,8-10H2,1H3,(H,33,34)(H,35,36). The number of allylic oxidation sites excluding steroid dienone is 1. The van der Waals surface area contributed by atoms with Crippen LogP contribution >= 0.6 is 34.3 Å². The van der Waals surface area contributed by atoms with Gasteiger partial charge in [0.15, 0.2) is 22.5 Å². The molecule has 0 saturated heterocycles. The molecule has 6 rings (SSSR count). The second kappa shape index (κ2) is 10.6. The van der Waals surface area contributed by atoms with Crippen LogP contribution in [0.3, 0.4) is 0 Å². The highest BCUT2D eigenvalue weighted by atomic mass is 35.5. The molecule has 208 valence electrons. The highest BCUT2D eigenvalue weighted by molar-refractivity contribution is 7.12. The second-order valence-electron chi connectivity index (χ2n) is 9.99. The smallest absolute Gasteiger partial charge is 0.338 e. The van der Waals surface area contributed by atoms with Gasteiger partial charge in [-0.15, -0.1) is 22.7 Å². The van der Waals surface area contributed by atoms with Crippen molar-refractivity contribution in [2.24, 2.45) is 16.8 Å². The number of aliphatic carboxylic acids is 1. The minimum absolute atomic E-state index is 0.142. The molecule has 1 saturated carbocycles. The van der Waals surface area contributed by atoms with Crippen molar-refractivity contribution in [1.29, 1.82) is 0 Å². The van der Waals surface area contributed by atoms with Gasteiger partial charge in [-0.2, -0.15) is 0 Å². The van der Waals surface area contributed by atoms with Crippen molar-refractivity contribution >= 4 is 52.0 Å². The molecule has 0 bridgehead atoms. The number of fused-ring (bicyclic) bond motifs is 1. The summed E-state index contributed by atoms with van der Waals surface area (Å²) in [6, 6.07) is 1.25. The Morgan fingerprint density at radius 2 is 2.02 bits per heavy atom. The summed E-state index contributed by atoms with van der Waals surface area (Å²) in [4.78, 5) is 39.5. The highest BCUT2D eigenvalue weighted by Gasteiger charge is 2.40. The number of carboxylic acids is 1. The lowest BCUT2D eigenvalue weighted by Crippen LogP contribution is -2.38. The van der Waals surface area contributed by atoms with Crippen molar-refractivity contribution in [3.05, 3.63) is 77.8 Å². The maximum atomic E-state index is 14.6. The topological polar surface area (TPSA) is 114 Å². The Morgan fingerprint density at radius 1 is 1.23 bits per heavy atom. The van der Waals surface area contributed by atoms with Crippen molar-refractivity contribution in [3.63, 3.8) is 0 Å². The maximum Gasteiger partial charge on any atom is 0.338 e. The van der Waals surface area contributed by atoms with Gasteiger partial charge in [0.25, 0.3) is 0 Å². The van der Waals surface area contributed by atoms with Crippen LogP contribution in [0.2, 0.25) is 5.02 Å². The van der Waals surface area contributed by atoms with E-state index in [2.05, 4.69) is 10.3 Å². The van der Waals surface area contributed by atoms with Crippen molar-refractivity contribution in [3.8, 4) is 0 Å². The van der Waals surface area contributed by atoms with Gasteiger partial charge in [-0.3, -0.25) is 9.79 Å². The molecule has 1 fully saturated rings. The zero-order valence-corrected chi connectivity index (χ0v) is 23.5. The van der Waals surface area contributed by atoms with Gasteiger partial charge in [-0.05, 0) is 38.2 Å². The molecule has 3 heterocycles. The van der Waals surface area contributed by atoms with Crippen molar-refractivity contribution < 1.29 is 28.2 Å². The van der Waals surface area contributed by atoms with Gasteiger partial charge in [0.05, 0.1) is 34.3 Å². The highest BCUT2D eigenvalue weighted by Crippen LogP contribution is 2.46. The van der Waals surface area contributed by atoms with Gasteiger partial charge in [-0.25, -0.2) is 23.5 Å². The normalized spacial score (nSPS) is 24.1. The van der Waals surface area contributed by atoms with Crippen LogP contribution in [0.1, 0.15) is 57.4 Å². The first-order chi connectivity index (χ1) is 19.2. The molecule has 8 nitrogen and oxygen atoms in total.